The van der Waals surface area contributed by atoms with Crippen molar-refractivity contribution in [3.63, 3.8) is 0 Å². The van der Waals surface area contributed by atoms with Crippen LogP contribution in [-0.2, 0) is 22.6 Å². The lowest BCUT2D eigenvalue weighted by molar-refractivity contribution is -0.141. The fraction of sp³-hybridized carbons (Fsp3) is 0.500. The summed E-state index contributed by atoms with van der Waals surface area (Å²) in [5.74, 6) is 0.993. The zero-order valence-corrected chi connectivity index (χ0v) is 21.6. The summed E-state index contributed by atoms with van der Waals surface area (Å²) in [6.45, 7) is 11.6. The van der Waals surface area contributed by atoms with Crippen molar-refractivity contribution in [2.75, 3.05) is 19.8 Å². The minimum absolute atomic E-state index is 0.132. The van der Waals surface area contributed by atoms with Crippen LogP contribution in [0.3, 0.4) is 0 Å². The fourth-order valence-corrected chi connectivity index (χ4v) is 3.77. The molecule has 0 fully saturated rings. The van der Waals surface area contributed by atoms with E-state index >= 15 is 0 Å². The Morgan fingerprint density at radius 1 is 0.943 bits per heavy atom. The number of hydrogen-bond acceptors (Lipinski definition) is 4. The summed E-state index contributed by atoms with van der Waals surface area (Å²) in [5, 5.41) is 2.95. The second-order valence-corrected chi connectivity index (χ2v) is 8.86. The first-order valence-corrected chi connectivity index (χ1v) is 12.5. The van der Waals surface area contributed by atoms with E-state index in [4.69, 9.17) is 9.47 Å². The van der Waals surface area contributed by atoms with Gasteiger partial charge in [-0.05, 0) is 68.0 Å². The maximum atomic E-state index is 13.4. The lowest BCUT2D eigenvalue weighted by Gasteiger charge is -2.31. The maximum absolute atomic E-state index is 13.4. The number of hydrogen-bond donors (Lipinski definition) is 1. The second-order valence-electron chi connectivity index (χ2n) is 8.86. The van der Waals surface area contributed by atoms with E-state index in [9.17, 15) is 14.0 Å². The Morgan fingerprint density at radius 3 is 2.17 bits per heavy atom. The van der Waals surface area contributed by atoms with E-state index in [0.717, 1.165) is 11.1 Å². The van der Waals surface area contributed by atoms with Gasteiger partial charge >= 0.3 is 0 Å². The van der Waals surface area contributed by atoms with Gasteiger partial charge in [0.05, 0.1) is 13.2 Å². The molecule has 2 aromatic carbocycles. The van der Waals surface area contributed by atoms with Crippen molar-refractivity contribution in [3.8, 4) is 11.5 Å². The number of carbonyl (C=O) groups is 2. The Kier molecular flexibility index (Phi) is 11.5. The van der Waals surface area contributed by atoms with Crippen molar-refractivity contribution in [3.05, 3.63) is 59.4 Å². The molecular weight excluding hydrogens is 447 g/mol. The summed E-state index contributed by atoms with van der Waals surface area (Å²) in [7, 11) is 0. The van der Waals surface area contributed by atoms with Gasteiger partial charge in [0.2, 0.25) is 11.8 Å². The SMILES string of the molecule is CCOc1ccc(CCC(=O)N(Cc2ccc(F)cc2)[C@H](CC)C(=O)NCC(C)C)cc1OCC. The predicted molar refractivity (Wildman–Crippen MR) is 136 cm³/mol. The Bertz CT molecular complexity index is 946. The van der Waals surface area contributed by atoms with Gasteiger partial charge in [0.1, 0.15) is 11.9 Å². The normalized spacial score (nSPS) is 11.7. The number of benzene rings is 2. The Labute approximate surface area is 208 Å². The van der Waals surface area contributed by atoms with E-state index in [1.54, 1.807) is 17.0 Å². The molecule has 0 spiro atoms. The molecule has 0 bridgehead atoms. The van der Waals surface area contributed by atoms with E-state index in [1.807, 2.05) is 52.8 Å². The number of nitrogens with zero attached hydrogens (tertiary/aromatic N) is 1. The average molecular weight is 487 g/mol. The number of aryl methyl sites for hydroxylation is 1. The molecule has 0 unspecified atom stereocenters. The van der Waals surface area contributed by atoms with Crippen LogP contribution in [0.5, 0.6) is 11.5 Å². The van der Waals surface area contributed by atoms with Gasteiger partial charge in [0.15, 0.2) is 11.5 Å². The monoisotopic (exact) mass is 486 g/mol. The van der Waals surface area contributed by atoms with Gasteiger partial charge in [-0.1, -0.05) is 39.0 Å². The molecule has 0 heterocycles. The van der Waals surface area contributed by atoms with E-state index < -0.39 is 6.04 Å². The van der Waals surface area contributed by atoms with Gasteiger partial charge in [-0.15, -0.1) is 0 Å². The van der Waals surface area contributed by atoms with Crippen LogP contribution in [-0.4, -0.2) is 42.5 Å². The van der Waals surface area contributed by atoms with Crippen LogP contribution in [0, 0.1) is 11.7 Å². The van der Waals surface area contributed by atoms with Crippen molar-refractivity contribution < 1.29 is 23.5 Å². The van der Waals surface area contributed by atoms with Crippen LogP contribution in [0.1, 0.15) is 58.6 Å². The van der Waals surface area contributed by atoms with Gasteiger partial charge in [0, 0.05) is 19.5 Å². The zero-order valence-electron chi connectivity index (χ0n) is 21.6. The van der Waals surface area contributed by atoms with E-state index in [1.165, 1.54) is 12.1 Å². The summed E-state index contributed by atoms with van der Waals surface area (Å²) < 4.78 is 24.7. The molecule has 192 valence electrons. The summed E-state index contributed by atoms with van der Waals surface area (Å²) in [6.07, 6.45) is 1.21. The maximum Gasteiger partial charge on any atom is 0.242 e. The van der Waals surface area contributed by atoms with Gasteiger partial charge < -0.3 is 19.7 Å². The Balaban J connectivity index is 2.21. The van der Waals surface area contributed by atoms with Crippen molar-refractivity contribution >= 4 is 11.8 Å². The molecule has 0 radical (unpaired) electrons. The standard InChI is InChI=1S/C28H39FN2O4/c1-6-24(28(33)30-18-20(4)5)31(19-22-9-13-23(29)14-10-22)27(32)16-12-21-11-15-25(34-7-2)26(17-21)35-8-3/h9-11,13-15,17,20,24H,6-8,12,16,18-19H2,1-5H3,(H,30,33)/t24-/m1/s1. The number of carbonyl (C=O) groups excluding carboxylic acids is 2. The number of rotatable bonds is 14. The van der Waals surface area contributed by atoms with Gasteiger partial charge in [-0.25, -0.2) is 4.39 Å². The number of amides is 2. The van der Waals surface area contributed by atoms with E-state index in [2.05, 4.69) is 5.32 Å². The molecule has 2 amide bonds. The molecule has 2 aromatic rings. The van der Waals surface area contributed by atoms with Crippen LogP contribution in [0.2, 0.25) is 0 Å². The topological polar surface area (TPSA) is 67.9 Å². The molecule has 0 aliphatic carbocycles. The third kappa shape index (κ3) is 8.89. The highest BCUT2D eigenvalue weighted by Crippen LogP contribution is 2.29. The second kappa shape index (κ2) is 14.3. The highest BCUT2D eigenvalue weighted by Gasteiger charge is 2.28. The van der Waals surface area contributed by atoms with Crippen LogP contribution in [0.4, 0.5) is 4.39 Å². The van der Waals surface area contributed by atoms with Crippen molar-refractivity contribution in [2.24, 2.45) is 5.92 Å². The Hall–Kier alpha value is -3.09. The third-order valence-electron chi connectivity index (χ3n) is 5.57. The molecule has 0 aromatic heterocycles. The molecule has 1 atom stereocenters. The first kappa shape index (κ1) is 28.1. The summed E-state index contributed by atoms with van der Waals surface area (Å²) in [4.78, 5) is 28.0. The van der Waals surface area contributed by atoms with Crippen LogP contribution in [0.15, 0.2) is 42.5 Å². The number of halogens is 1. The first-order chi connectivity index (χ1) is 16.8. The molecule has 6 nitrogen and oxygen atoms in total. The highest BCUT2D eigenvalue weighted by molar-refractivity contribution is 5.87. The molecule has 35 heavy (non-hydrogen) atoms. The zero-order chi connectivity index (χ0) is 25.8. The molecule has 0 saturated heterocycles. The lowest BCUT2D eigenvalue weighted by atomic mass is 10.1. The van der Waals surface area contributed by atoms with E-state index in [0.29, 0.717) is 50.0 Å². The highest BCUT2D eigenvalue weighted by atomic mass is 19.1. The van der Waals surface area contributed by atoms with Gasteiger partial charge in [-0.2, -0.15) is 0 Å². The fourth-order valence-electron chi connectivity index (χ4n) is 3.77. The molecule has 0 saturated carbocycles. The smallest absolute Gasteiger partial charge is 0.242 e. The van der Waals surface area contributed by atoms with Crippen LogP contribution < -0.4 is 14.8 Å². The van der Waals surface area contributed by atoms with Crippen LogP contribution in [0.25, 0.3) is 0 Å². The number of ether oxygens (including phenoxy) is 2. The average Bonchev–Trinajstić information content (AvgIpc) is 2.84. The largest absolute Gasteiger partial charge is 0.490 e. The van der Waals surface area contributed by atoms with Crippen molar-refractivity contribution in [1.29, 1.82) is 0 Å². The molecule has 2 rings (SSSR count). The number of nitrogens with one attached hydrogen (secondary N) is 1. The lowest BCUT2D eigenvalue weighted by Crippen LogP contribution is -2.49. The minimum atomic E-state index is -0.606. The van der Waals surface area contributed by atoms with E-state index in [-0.39, 0.29) is 30.6 Å². The summed E-state index contributed by atoms with van der Waals surface area (Å²) in [5.41, 5.74) is 1.72. The van der Waals surface area contributed by atoms with Crippen LogP contribution >= 0.6 is 0 Å². The quantitative estimate of drug-likeness (QED) is 0.402. The summed E-state index contributed by atoms with van der Waals surface area (Å²) >= 11 is 0. The third-order valence-corrected chi connectivity index (χ3v) is 5.57. The van der Waals surface area contributed by atoms with Crippen molar-refractivity contribution in [1.82, 2.24) is 10.2 Å². The molecule has 0 aliphatic heterocycles. The predicted octanol–water partition coefficient (Wildman–Crippen LogP) is 5.14. The van der Waals surface area contributed by atoms with Gasteiger partial charge in [-0.3, -0.25) is 9.59 Å². The Morgan fingerprint density at radius 2 is 1.57 bits per heavy atom. The summed E-state index contributed by atoms with van der Waals surface area (Å²) in [6, 6.07) is 11.1. The molecule has 0 aliphatic rings. The first-order valence-electron chi connectivity index (χ1n) is 12.5. The molecular formula is C28H39FN2O4. The van der Waals surface area contributed by atoms with Crippen molar-refractivity contribution in [2.45, 2.75) is 66.5 Å². The minimum Gasteiger partial charge on any atom is -0.490 e. The van der Waals surface area contributed by atoms with Gasteiger partial charge in [0.25, 0.3) is 0 Å². The molecule has 1 N–H and O–H groups in total. The molecule has 7 heteroatoms.